The molecule has 0 aliphatic carbocycles. The molecule has 2 heterocycles. The first kappa shape index (κ1) is 13.8. The fourth-order valence-corrected chi connectivity index (χ4v) is 2.71. The van der Waals surface area contributed by atoms with Gasteiger partial charge in [0.15, 0.2) is 5.16 Å². The summed E-state index contributed by atoms with van der Waals surface area (Å²) in [5, 5.41) is 10.3. The molecule has 5 nitrogen and oxygen atoms in total. The number of thioether (sulfide) groups is 1. The van der Waals surface area contributed by atoms with Crippen LogP contribution in [0.15, 0.2) is 5.16 Å². The van der Waals surface area contributed by atoms with Crippen LogP contribution in [0, 0.1) is 0 Å². The maximum atomic E-state index is 9.50. The van der Waals surface area contributed by atoms with Crippen molar-refractivity contribution < 1.29 is 5.11 Å². The van der Waals surface area contributed by atoms with E-state index < -0.39 is 6.10 Å². The molecule has 100 valence electrons. The molecule has 1 N–H and O–H groups in total. The van der Waals surface area contributed by atoms with Crippen molar-refractivity contribution in [3.05, 3.63) is 5.28 Å². The maximum Gasteiger partial charge on any atom is 0.230 e. The Hall–Kier alpha value is -0.590. The van der Waals surface area contributed by atoms with Crippen LogP contribution in [-0.2, 0) is 0 Å². The Kier molecular flexibility index (Phi) is 4.64. The lowest BCUT2D eigenvalue weighted by Gasteiger charge is -2.17. The van der Waals surface area contributed by atoms with E-state index in [4.69, 9.17) is 11.6 Å². The minimum atomic E-state index is -0.416. The molecule has 1 aromatic rings. The molecule has 7 heteroatoms. The Morgan fingerprint density at radius 1 is 1.22 bits per heavy atom. The van der Waals surface area contributed by atoms with Crippen molar-refractivity contribution >= 4 is 29.3 Å². The number of aromatic nitrogens is 3. The van der Waals surface area contributed by atoms with Crippen LogP contribution in [0.1, 0.15) is 26.7 Å². The number of anilines is 1. The topological polar surface area (TPSA) is 62.1 Å². The number of rotatable bonds is 4. The van der Waals surface area contributed by atoms with Gasteiger partial charge in [0, 0.05) is 18.3 Å². The normalized spacial score (nSPS) is 19.0. The third-order valence-corrected chi connectivity index (χ3v) is 4.26. The Labute approximate surface area is 116 Å². The molecule has 2 unspecified atom stereocenters. The van der Waals surface area contributed by atoms with Gasteiger partial charge >= 0.3 is 0 Å². The lowest BCUT2D eigenvalue weighted by Crippen LogP contribution is -2.21. The van der Waals surface area contributed by atoms with Crippen LogP contribution in [0.25, 0.3) is 0 Å². The molecule has 1 saturated heterocycles. The molecular weight excluding hydrogens is 272 g/mol. The number of halogens is 1. The number of nitrogens with zero attached hydrogens (tertiary/aromatic N) is 4. The molecule has 1 aliphatic heterocycles. The zero-order valence-corrected chi connectivity index (χ0v) is 12.1. The Morgan fingerprint density at radius 2 is 1.89 bits per heavy atom. The molecule has 1 aliphatic rings. The second kappa shape index (κ2) is 6.04. The van der Waals surface area contributed by atoms with Crippen molar-refractivity contribution in [2.24, 2.45) is 0 Å². The number of aliphatic hydroxyl groups excluding tert-OH is 1. The quantitative estimate of drug-likeness (QED) is 0.855. The van der Waals surface area contributed by atoms with Gasteiger partial charge in [0.25, 0.3) is 0 Å². The smallest absolute Gasteiger partial charge is 0.230 e. The molecule has 2 atom stereocenters. The van der Waals surface area contributed by atoms with Gasteiger partial charge < -0.3 is 10.0 Å². The predicted molar refractivity (Wildman–Crippen MR) is 73.3 cm³/mol. The standard InChI is InChI=1S/C11H17ClN4OS/c1-7(17)8(2)18-11-14-9(12)13-10(15-11)16-5-3-4-6-16/h7-8,17H,3-6H2,1-2H3. The van der Waals surface area contributed by atoms with E-state index >= 15 is 0 Å². The highest BCUT2D eigenvalue weighted by atomic mass is 35.5. The van der Waals surface area contributed by atoms with E-state index in [9.17, 15) is 5.11 Å². The monoisotopic (exact) mass is 288 g/mol. The second-order valence-electron chi connectivity index (χ2n) is 4.44. The average molecular weight is 289 g/mol. The van der Waals surface area contributed by atoms with Gasteiger partial charge in [0.05, 0.1) is 6.10 Å². The van der Waals surface area contributed by atoms with E-state index in [-0.39, 0.29) is 10.5 Å². The highest BCUT2D eigenvalue weighted by Gasteiger charge is 2.19. The lowest BCUT2D eigenvalue weighted by atomic mass is 10.3. The van der Waals surface area contributed by atoms with E-state index in [1.165, 1.54) is 11.8 Å². The SMILES string of the molecule is CC(O)C(C)Sc1nc(Cl)nc(N2CCCC2)n1. The van der Waals surface area contributed by atoms with Gasteiger partial charge in [-0.25, -0.2) is 0 Å². The highest BCUT2D eigenvalue weighted by molar-refractivity contribution is 7.99. The highest BCUT2D eigenvalue weighted by Crippen LogP contribution is 2.25. The van der Waals surface area contributed by atoms with Crippen LogP contribution in [-0.4, -0.2) is 44.5 Å². The summed E-state index contributed by atoms with van der Waals surface area (Å²) in [5.41, 5.74) is 0. The summed E-state index contributed by atoms with van der Waals surface area (Å²) in [5.74, 6) is 0.646. The van der Waals surface area contributed by atoms with Gasteiger partial charge in [0.1, 0.15) is 0 Å². The van der Waals surface area contributed by atoms with E-state index in [1.54, 1.807) is 6.92 Å². The third kappa shape index (κ3) is 3.46. The molecule has 1 aromatic heterocycles. The summed E-state index contributed by atoms with van der Waals surface area (Å²) < 4.78 is 0. The van der Waals surface area contributed by atoms with Crippen LogP contribution in [0.2, 0.25) is 5.28 Å². The summed E-state index contributed by atoms with van der Waals surface area (Å²) in [7, 11) is 0. The molecule has 2 rings (SSSR count). The number of hydrogen-bond acceptors (Lipinski definition) is 6. The van der Waals surface area contributed by atoms with Gasteiger partial charge in [-0.2, -0.15) is 15.0 Å². The maximum absolute atomic E-state index is 9.50. The van der Waals surface area contributed by atoms with E-state index in [0.29, 0.717) is 11.1 Å². The molecule has 18 heavy (non-hydrogen) atoms. The van der Waals surface area contributed by atoms with Crippen molar-refractivity contribution in [2.75, 3.05) is 18.0 Å². The lowest BCUT2D eigenvalue weighted by molar-refractivity contribution is 0.196. The summed E-state index contributed by atoms with van der Waals surface area (Å²) in [4.78, 5) is 14.8. The van der Waals surface area contributed by atoms with Gasteiger partial charge in [-0.1, -0.05) is 18.7 Å². The van der Waals surface area contributed by atoms with Crippen LogP contribution >= 0.6 is 23.4 Å². The molecule has 0 spiro atoms. The van der Waals surface area contributed by atoms with Crippen molar-refractivity contribution in [1.29, 1.82) is 0 Å². The summed E-state index contributed by atoms with van der Waals surface area (Å²) >= 11 is 7.34. The zero-order valence-electron chi connectivity index (χ0n) is 10.5. The zero-order chi connectivity index (χ0) is 13.1. The number of aliphatic hydroxyl groups is 1. The molecule has 0 bridgehead atoms. The fraction of sp³-hybridized carbons (Fsp3) is 0.727. The largest absolute Gasteiger partial charge is 0.392 e. The van der Waals surface area contributed by atoms with Crippen molar-refractivity contribution in [1.82, 2.24) is 15.0 Å². The molecular formula is C11H17ClN4OS. The summed E-state index contributed by atoms with van der Waals surface area (Å²) in [6.45, 7) is 5.62. The second-order valence-corrected chi connectivity index (χ2v) is 6.13. The Balaban J connectivity index is 2.15. The molecule has 1 fully saturated rings. The van der Waals surface area contributed by atoms with Gasteiger partial charge in [-0.05, 0) is 31.4 Å². The first-order valence-corrected chi connectivity index (χ1v) is 7.33. The molecule has 0 radical (unpaired) electrons. The molecule has 0 amide bonds. The van der Waals surface area contributed by atoms with Gasteiger partial charge in [0.2, 0.25) is 11.2 Å². The first-order chi connectivity index (χ1) is 8.56. The minimum absolute atomic E-state index is 0.0231. The Morgan fingerprint density at radius 3 is 2.50 bits per heavy atom. The van der Waals surface area contributed by atoms with E-state index in [2.05, 4.69) is 19.9 Å². The van der Waals surface area contributed by atoms with Gasteiger partial charge in [-0.15, -0.1) is 0 Å². The van der Waals surface area contributed by atoms with Crippen molar-refractivity contribution in [3.63, 3.8) is 0 Å². The van der Waals surface area contributed by atoms with Crippen molar-refractivity contribution in [3.8, 4) is 0 Å². The molecule has 0 saturated carbocycles. The van der Waals surface area contributed by atoms with E-state index in [1.807, 2.05) is 6.92 Å². The van der Waals surface area contributed by atoms with E-state index in [0.717, 1.165) is 25.9 Å². The Bertz CT molecular complexity index is 412. The first-order valence-electron chi connectivity index (χ1n) is 6.07. The van der Waals surface area contributed by atoms with Crippen LogP contribution in [0.5, 0.6) is 0 Å². The van der Waals surface area contributed by atoms with Crippen LogP contribution in [0.4, 0.5) is 5.95 Å². The van der Waals surface area contributed by atoms with Crippen LogP contribution < -0.4 is 4.90 Å². The fourth-order valence-electron chi connectivity index (χ4n) is 1.70. The average Bonchev–Trinajstić information content (AvgIpc) is 2.81. The predicted octanol–water partition coefficient (Wildman–Crippen LogP) is 1.99. The van der Waals surface area contributed by atoms with Crippen molar-refractivity contribution in [2.45, 2.75) is 43.2 Å². The van der Waals surface area contributed by atoms with Crippen LogP contribution in [0.3, 0.4) is 0 Å². The third-order valence-electron chi connectivity index (χ3n) is 2.94. The summed E-state index contributed by atoms with van der Waals surface area (Å²) in [6.07, 6.45) is 1.91. The minimum Gasteiger partial charge on any atom is -0.392 e. The molecule has 0 aromatic carbocycles. The van der Waals surface area contributed by atoms with Gasteiger partial charge in [-0.3, -0.25) is 0 Å². The summed E-state index contributed by atoms with van der Waals surface area (Å²) in [6, 6.07) is 0. The number of hydrogen-bond donors (Lipinski definition) is 1.